The summed E-state index contributed by atoms with van der Waals surface area (Å²) in [6, 6.07) is 6.82. The van der Waals surface area contributed by atoms with Crippen molar-refractivity contribution in [3.05, 3.63) is 29.3 Å². The molecule has 2 aromatic rings. The van der Waals surface area contributed by atoms with Gasteiger partial charge < -0.3 is 9.63 Å². The first-order valence-corrected chi connectivity index (χ1v) is 8.09. The predicted octanol–water partition coefficient (Wildman–Crippen LogP) is 3.14. The summed E-state index contributed by atoms with van der Waals surface area (Å²) in [6.07, 6.45) is 4.49. The zero-order valence-corrected chi connectivity index (χ0v) is 12.3. The van der Waals surface area contributed by atoms with E-state index in [0.717, 1.165) is 42.3 Å². The first-order chi connectivity index (χ1) is 9.86. The van der Waals surface area contributed by atoms with Crippen molar-refractivity contribution >= 4 is 11.3 Å². The Hall–Kier alpha value is -1.17. The van der Waals surface area contributed by atoms with Crippen molar-refractivity contribution in [3.63, 3.8) is 0 Å². The van der Waals surface area contributed by atoms with Gasteiger partial charge in [-0.3, -0.25) is 4.90 Å². The van der Waals surface area contributed by atoms with Gasteiger partial charge in [-0.15, -0.1) is 11.3 Å². The van der Waals surface area contributed by atoms with Gasteiger partial charge in [0, 0.05) is 25.3 Å². The van der Waals surface area contributed by atoms with Crippen molar-refractivity contribution in [1.82, 2.24) is 10.1 Å². The lowest BCUT2D eigenvalue weighted by atomic mass is 10.2. The molecule has 0 amide bonds. The second kappa shape index (κ2) is 6.52. The van der Waals surface area contributed by atoms with Gasteiger partial charge in [0.2, 0.25) is 0 Å². The highest BCUT2D eigenvalue weighted by Crippen LogP contribution is 2.30. The molecule has 0 aliphatic heterocycles. The number of nitrogens with zero attached hydrogens (tertiary/aromatic N) is 2. The van der Waals surface area contributed by atoms with E-state index < -0.39 is 0 Å². The molecule has 0 radical (unpaired) electrons. The van der Waals surface area contributed by atoms with Gasteiger partial charge in [0.25, 0.3) is 0 Å². The van der Waals surface area contributed by atoms with Gasteiger partial charge in [-0.2, -0.15) is 0 Å². The maximum atomic E-state index is 8.89. The lowest BCUT2D eigenvalue weighted by Gasteiger charge is -2.20. The summed E-state index contributed by atoms with van der Waals surface area (Å²) in [6.45, 7) is 2.17. The minimum atomic E-state index is 0.283. The number of aliphatic hydroxyl groups excluding tert-OH is 1. The summed E-state index contributed by atoms with van der Waals surface area (Å²) in [5.74, 6) is 0.862. The van der Waals surface area contributed by atoms with Crippen LogP contribution in [0.3, 0.4) is 0 Å². The Balaban J connectivity index is 1.60. The molecular weight excluding hydrogens is 272 g/mol. The van der Waals surface area contributed by atoms with Gasteiger partial charge in [-0.1, -0.05) is 11.2 Å². The Kier molecular flexibility index (Phi) is 4.50. The SMILES string of the molecule is OCCCCN(Cc1cc(-c2cccs2)on1)C1CC1. The molecule has 1 aliphatic carbocycles. The number of aliphatic hydroxyl groups is 1. The summed E-state index contributed by atoms with van der Waals surface area (Å²) in [7, 11) is 0. The van der Waals surface area contributed by atoms with Crippen LogP contribution in [0.1, 0.15) is 31.4 Å². The number of unbranched alkanes of at least 4 members (excludes halogenated alkanes) is 1. The Morgan fingerprint density at radius 1 is 1.40 bits per heavy atom. The monoisotopic (exact) mass is 292 g/mol. The number of aromatic nitrogens is 1. The largest absolute Gasteiger partial charge is 0.396 e. The molecule has 1 aliphatic rings. The number of thiophene rings is 1. The van der Waals surface area contributed by atoms with Crippen molar-refractivity contribution in [2.45, 2.75) is 38.3 Å². The smallest absolute Gasteiger partial charge is 0.177 e. The summed E-state index contributed by atoms with van der Waals surface area (Å²) in [5.41, 5.74) is 1.00. The fourth-order valence-corrected chi connectivity index (χ4v) is 3.06. The van der Waals surface area contributed by atoms with E-state index in [4.69, 9.17) is 9.63 Å². The zero-order valence-electron chi connectivity index (χ0n) is 11.5. The minimum Gasteiger partial charge on any atom is -0.396 e. The van der Waals surface area contributed by atoms with Gasteiger partial charge in [-0.25, -0.2) is 0 Å². The number of hydrogen-bond donors (Lipinski definition) is 1. The number of rotatable bonds is 8. The molecule has 5 heteroatoms. The molecule has 3 rings (SSSR count). The number of hydrogen-bond acceptors (Lipinski definition) is 5. The highest BCUT2D eigenvalue weighted by molar-refractivity contribution is 7.13. The molecule has 108 valence electrons. The molecule has 20 heavy (non-hydrogen) atoms. The lowest BCUT2D eigenvalue weighted by Crippen LogP contribution is -2.27. The Morgan fingerprint density at radius 2 is 2.30 bits per heavy atom. The van der Waals surface area contributed by atoms with E-state index >= 15 is 0 Å². The topological polar surface area (TPSA) is 49.5 Å². The summed E-state index contributed by atoms with van der Waals surface area (Å²) in [5, 5.41) is 15.1. The average Bonchev–Trinajstić information content (AvgIpc) is 2.97. The van der Waals surface area contributed by atoms with E-state index in [-0.39, 0.29) is 6.61 Å². The molecule has 4 nitrogen and oxygen atoms in total. The van der Waals surface area contributed by atoms with Crippen molar-refractivity contribution < 1.29 is 9.63 Å². The molecule has 0 unspecified atom stereocenters. The van der Waals surface area contributed by atoms with E-state index in [2.05, 4.69) is 16.1 Å². The van der Waals surface area contributed by atoms with Crippen LogP contribution in [-0.2, 0) is 6.54 Å². The Morgan fingerprint density at radius 3 is 3.00 bits per heavy atom. The summed E-state index contributed by atoms with van der Waals surface area (Å²) >= 11 is 1.67. The normalized spacial score (nSPS) is 15.1. The van der Waals surface area contributed by atoms with Crippen LogP contribution in [0.15, 0.2) is 28.1 Å². The van der Waals surface area contributed by atoms with Gasteiger partial charge >= 0.3 is 0 Å². The van der Waals surface area contributed by atoms with Crippen LogP contribution < -0.4 is 0 Å². The molecule has 0 aromatic carbocycles. The highest BCUT2D eigenvalue weighted by Gasteiger charge is 2.29. The van der Waals surface area contributed by atoms with Crippen LogP contribution in [0.25, 0.3) is 10.6 Å². The van der Waals surface area contributed by atoms with Crippen LogP contribution in [0, 0.1) is 0 Å². The predicted molar refractivity (Wildman–Crippen MR) is 79.6 cm³/mol. The third kappa shape index (κ3) is 3.48. The first kappa shape index (κ1) is 13.8. The van der Waals surface area contributed by atoms with E-state index in [1.807, 2.05) is 17.5 Å². The second-order valence-corrected chi connectivity index (χ2v) is 6.24. The van der Waals surface area contributed by atoms with Gasteiger partial charge in [0.05, 0.1) is 10.6 Å². The second-order valence-electron chi connectivity index (χ2n) is 5.29. The lowest BCUT2D eigenvalue weighted by molar-refractivity contribution is 0.224. The standard InChI is InChI=1S/C15H20N2O2S/c18-8-2-1-7-17(13-5-6-13)11-12-10-14(19-16-12)15-4-3-9-20-15/h3-4,9-10,13,18H,1-2,5-8,11H2. The fourth-order valence-electron chi connectivity index (χ4n) is 2.39. The van der Waals surface area contributed by atoms with E-state index in [1.165, 1.54) is 12.8 Å². The van der Waals surface area contributed by atoms with E-state index in [0.29, 0.717) is 6.04 Å². The molecule has 0 spiro atoms. The molecule has 1 saturated carbocycles. The van der Waals surface area contributed by atoms with Crippen LogP contribution in [0.2, 0.25) is 0 Å². The van der Waals surface area contributed by atoms with Crippen LogP contribution >= 0.6 is 11.3 Å². The van der Waals surface area contributed by atoms with Crippen molar-refractivity contribution in [3.8, 4) is 10.6 Å². The van der Waals surface area contributed by atoms with E-state index in [9.17, 15) is 0 Å². The Labute approximate surface area is 123 Å². The molecule has 2 aromatic heterocycles. The van der Waals surface area contributed by atoms with Crippen molar-refractivity contribution in [2.24, 2.45) is 0 Å². The highest BCUT2D eigenvalue weighted by atomic mass is 32.1. The average molecular weight is 292 g/mol. The third-order valence-corrected chi connectivity index (χ3v) is 4.49. The zero-order chi connectivity index (χ0) is 13.8. The van der Waals surface area contributed by atoms with Gasteiger partial charge in [0.1, 0.15) is 0 Å². The maximum absolute atomic E-state index is 8.89. The molecule has 0 saturated heterocycles. The maximum Gasteiger partial charge on any atom is 0.177 e. The van der Waals surface area contributed by atoms with Gasteiger partial charge in [0.15, 0.2) is 5.76 Å². The van der Waals surface area contributed by atoms with Crippen molar-refractivity contribution in [2.75, 3.05) is 13.2 Å². The molecular formula is C15H20N2O2S. The van der Waals surface area contributed by atoms with Crippen LogP contribution in [-0.4, -0.2) is 34.4 Å². The third-order valence-electron chi connectivity index (χ3n) is 3.60. The molecule has 1 fully saturated rings. The minimum absolute atomic E-state index is 0.283. The summed E-state index contributed by atoms with van der Waals surface area (Å²) < 4.78 is 5.43. The van der Waals surface area contributed by atoms with E-state index in [1.54, 1.807) is 11.3 Å². The van der Waals surface area contributed by atoms with Crippen LogP contribution in [0.4, 0.5) is 0 Å². The van der Waals surface area contributed by atoms with Crippen molar-refractivity contribution in [1.29, 1.82) is 0 Å². The molecule has 2 heterocycles. The molecule has 1 N–H and O–H groups in total. The fraction of sp³-hybridized carbons (Fsp3) is 0.533. The quantitative estimate of drug-likeness (QED) is 0.759. The molecule has 0 atom stereocenters. The first-order valence-electron chi connectivity index (χ1n) is 7.21. The van der Waals surface area contributed by atoms with Crippen LogP contribution in [0.5, 0.6) is 0 Å². The van der Waals surface area contributed by atoms with Gasteiger partial charge in [-0.05, 0) is 43.7 Å². The molecule has 0 bridgehead atoms. The Bertz CT molecular complexity index is 520. The summed E-state index contributed by atoms with van der Waals surface area (Å²) in [4.78, 5) is 3.59.